The van der Waals surface area contributed by atoms with Crippen molar-refractivity contribution in [3.63, 3.8) is 0 Å². The summed E-state index contributed by atoms with van der Waals surface area (Å²) in [5.74, 6) is -0.354. The Bertz CT molecular complexity index is 943. The van der Waals surface area contributed by atoms with Crippen molar-refractivity contribution in [2.75, 3.05) is 19.6 Å². The molecule has 0 saturated heterocycles. The fraction of sp³-hybridized carbons (Fsp3) is 0.350. The average molecular weight is 424 g/mol. The van der Waals surface area contributed by atoms with Gasteiger partial charge in [0.05, 0.1) is 10.9 Å². The minimum atomic E-state index is -3.88. The Kier molecular flexibility index (Phi) is 7.60. The first kappa shape index (κ1) is 22.4. The third kappa shape index (κ3) is 5.32. The van der Waals surface area contributed by atoms with Crippen molar-refractivity contribution in [3.05, 3.63) is 64.2 Å². The molecule has 0 unspecified atom stereocenters. The molecule has 0 heterocycles. The van der Waals surface area contributed by atoms with Crippen LogP contribution in [0, 0.1) is 6.92 Å². The highest BCUT2D eigenvalue weighted by Crippen LogP contribution is 2.27. The average Bonchev–Trinajstić information content (AvgIpc) is 2.65. The molecule has 0 spiro atoms. The Morgan fingerprint density at radius 1 is 1.18 bits per heavy atom. The van der Waals surface area contributed by atoms with E-state index in [1.165, 1.54) is 12.1 Å². The summed E-state index contributed by atoms with van der Waals surface area (Å²) in [5.41, 5.74) is 1.88. The molecule has 0 aliphatic rings. The van der Waals surface area contributed by atoms with Crippen LogP contribution in [0.2, 0.25) is 5.02 Å². The largest absolute Gasteiger partial charge is 0.350 e. The number of rotatable bonds is 8. The number of hydrogen-bond acceptors (Lipinski definition) is 4. The van der Waals surface area contributed by atoms with Crippen LogP contribution < -0.4 is 10.5 Å². The zero-order valence-corrected chi connectivity index (χ0v) is 17.8. The molecule has 0 aromatic heterocycles. The highest BCUT2D eigenvalue weighted by molar-refractivity contribution is 7.89. The number of likely N-dealkylation sites (N-methyl/N-ethyl adjacent to an activating group) is 1. The van der Waals surface area contributed by atoms with Gasteiger partial charge in [-0.05, 0) is 49.3 Å². The molecule has 2 rings (SSSR count). The lowest BCUT2D eigenvalue weighted by Gasteiger charge is -2.31. The van der Waals surface area contributed by atoms with Crippen molar-refractivity contribution >= 4 is 27.5 Å². The first-order valence-corrected chi connectivity index (χ1v) is 11.0. The standard InChI is InChI=1S/C20H26ClN3O3S/c1-4-24(5-2)19(16-8-6-7-9-18(16)21)13-23-20(25)17-12-15(28(22,26)27)11-10-14(17)3/h6-12,19H,4-5,13H2,1-3H3,(H,23,25)(H2,22,26,27)/t19-/m1/s1. The summed E-state index contributed by atoms with van der Waals surface area (Å²) in [5, 5.41) is 8.74. The van der Waals surface area contributed by atoms with Crippen molar-refractivity contribution < 1.29 is 13.2 Å². The monoisotopic (exact) mass is 423 g/mol. The molecule has 2 aromatic rings. The van der Waals surface area contributed by atoms with Crippen LogP contribution >= 0.6 is 11.6 Å². The molecule has 28 heavy (non-hydrogen) atoms. The minimum absolute atomic E-state index is 0.0883. The van der Waals surface area contributed by atoms with Crippen LogP contribution in [0.15, 0.2) is 47.4 Å². The number of benzene rings is 2. The van der Waals surface area contributed by atoms with Gasteiger partial charge < -0.3 is 5.32 Å². The number of halogens is 1. The zero-order valence-electron chi connectivity index (χ0n) is 16.3. The molecule has 0 aliphatic carbocycles. The second-order valence-corrected chi connectivity index (χ2v) is 8.46. The van der Waals surface area contributed by atoms with Crippen molar-refractivity contribution in [1.29, 1.82) is 0 Å². The fourth-order valence-electron chi connectivity index (χ4n) is 3.15. The first-order chi connectivity index (χ1) is 13.2. The molecule has 0 aliphatic heterocycles. The predicted molar refractivity (Wildman–Crippen MR) is 112 cm³/mol. The molecule has 2 aromatic carbocycles. The lowest BCUT2D eigenvalue weighted by molar-refractivity contribution is 0.0934. The van der Waals surface area contributed by atoms with Crippen molar-refractivity contribution in [1.82, 2.24) is 10.2 Å². The molecule has 0 saturated carbocycles. The summed E-state index contributed by atoms with van der Waals surface area (Å²) in [6.45, 7) is 7.77. The van der Waals surface area contributed by atoms with Crippen molar-refractivity contribution in [2.24, 2.45) is 5.14 Å². The second-order valence-electron chi connectivity index (χ2n) is 6.49. The van der Waals surface area contributed by atoms with Gasteiger partial charge in [-0.1, -0.05) is 49.7 Å². The van der Waals surface area contributed by atoms with Crippen molar-refractivity contribution in [2.45, 2.75) is 31.7 Å². The Morgan fingerprint density at radius 3 is 2.39 bits per heavy atom. The third-order valence-corrected chi connectivity index (χ3v) is 6.01. The number of nitrogens with zero attached hydrogens (tertiary/aromatic N) is 1. The number of primary sulfonamides is 1. The summed E-state index contributed by atoms with van der Waals surface area (Å²) in [6.07, 6.45) is 0. The van der Waals surface area contributed by atoms with E-state index in [0.29, 0.717) is 17.1 Å². The smallest absolute Gasteiger partial charge is 0.251 e. The van der Waals surface area contributed by atoms with E-state index in [2.05, 4.69) is 24.1 Å². The van der Waals surface area contributed by atoms with Gasteiger partial charge in [-0.2, -0.15) is 0 Å². The van der Waals surface area contributed by atoms with E-state index in [1.807, 2.05) is 24.3 Å². The Hall–Kier alpha value is -1.93. The molecule has 0 bridgehead atoms. The van der Waals surface area contributed by atoms with Gasteiger partial charge in [-0.15, -0.1) is 0 Å². The van der Waals surface area contributed by atoms with Crippen LogP contribution in [0.5, 0.6) is 0 Å². The minimum Gasteiger partial charge on any atom is -0.350 e. The van der Waals surface area contributed by atoms with Crippen LogP contribution in [0.25, 0.3) is 0 Å². The van der Waals surface area contributed by atoms with E-state index in [1.54, 1.807) is 13.0 Å². The van der Waals surface area contributed by atoms with Gasteiger partial charge in [0.2, 0.25) is 10.0 Å². The number of hydrogen-bond donors (Lipinski definition) is 2. The molecular weight excluding hydrogens is 398 g/mol. The van der Waals surface area contributed by atoms with Gasteiger partial charge >= 0.3 is 0 Å². The van der Waals surface area contributed by atoms with E-state index < -0.39 is 10.0 Å². The van der Waals surface area contributed by atoms with E-state index >= 15 is 0 Å². The number of nitrogens with one attached hydrogen (secondary N) is 1. The van der Waals surface area contributed by atoms with Gasteiger partial charge in [0.1, 0.15) is 0 Å². The Labute approximate surface area is 171 Å². The lowest BCUT2D eigenvalue weighted by atomic mass is 10.0. The van der Waals surface area contributed by atoms with Crippen LogP contribution in [-0.4, -0.2) is 38.9 Å². The molecule has 3 N–H and O–H groups in total. The van der Waals surface area contributed by atoms with E-state index in [4.69, 9.17) is 16.7 Å². The number of amides is 1. The number of carbonyl (C=O) groups excluding carboxylic acids is 1. The summed E-state index contributed by atoms with van der Waals surface area (Å²) in [6, 6.07) is 11.7. The van der Waals surface area contributed by atoms with Gasteiger partial charge in [0.25, 0.3) is 5.91 Å². The molecule has 6 nitrogen and oxygen atoms in total. The van der Waals surface area contributed by atoms with Gasteiger partial charge in [-0.25, -0.2) is 13.6 Å². The highest BCUT2D eigenvalue weighted by atomic mass is 35.5. The third-order valence-electron chi connectivity index (χ3n) is 4.76. The summed E-state index contributed by atoms with van der Waals surface area (Å²) >= 11 is 6.39. The lowest BCUT2D eigenvalue weighted by Crippen LogP contribution is -2.38. The van der Waals surface area contributed by atoms with Crippen molar-refractivity contribution in [3.8, 4) is 0 Å². The van der Waals surface area contributed by atoms with Gasteiger partial charge in [0, 0.05) is 17.1 Å². The second kappa shape index (κ2) is 9.52. The van der Waals surface area contributed by atoms with Gasteiger partial charge in [0.15, 0.2) is 0 Å². The molecule has 0 fully saturated rings. The summed E-state index contributed by atoms with van der Waals surface area (Å²) in [4.78, 5) is 14.9. The van der Waals surface area contributed by atoms with Crippen LogP contribution in [0.3, 0.4) is 0 Å². The molecule has 1 atom stereocenters. The normalized spacial score (nSPS) is 12.8. The molecule has 8 heteroatoms. The number of nitrogens with two attached hydrogens (primary N) is 1. The molecule has 1 amide bonds. The quantitative estimate of drug-likeness (QED) is 0.682. The number of carbonyl (C=O) groups is 1. The maximum absolute atomic E-state index is 12.8. The Morgan fingerprint density at radius 2 is 1.82 bits per heavy atom. The summed E-state index contributed by atoms with van der Waals surface area (Å²) < 4.78 is 23.2. The Balaban J connectivity index is 2.28. The zero-order chi connectivity index (χ0) is 20.9. The maximum Gasteiger partial charge on any atom is 0.251 e. The van der Waals surface area contributed by atoms with Crippen LogP contribution in [-0.2, 0) is 10.0 Å². The SMILES string of the molecule is CCN(CC)[C@H](CNC(=O)c1cc(S(N)(=O)=O)ccc1C)c1ccccc1Cl. The van der Waals surface area contributed by atoms with E-state index in [0.717, 1.165) is 18.7 Å². The maximum atomic E-state index is 12.8. The topological polar surface area (TPSA) is 92.5 Å². The fourth-order valence-corrected chi connectivity index (χ4v) is 3.95. The number of sulfonamides is 1. The molecule has 152 valence electrons. The highest BCUT2D eigenvalue weighted by Gasteiger charge is 2.22. The molecule has 0 radical (unpaired) electrons. The predicted octanol–water partition coefficient (Wildman–Crippen LogP) is 3.11. The summed E-state index contributed by atoms with van der Waals surface area (Å²) in [7, 11) is -3.88. The van der Waals surface area contributed by atoms with E-state index in [9.17, 15) is 13.2 Å². The molecular formula is C20H26ClN3O3S. The van der Waals surface area contributed by atoms with E-state index in [-0.39, 0.29) is 22.4 Å². The first-order valence-electron chi connectivity index (χ1n) is 9.09. The van der Waals surface area contributed by atoms with Crippen LogP contribution in [0.4, 0.5) is 0 Å². The van der Waals surface area contributed by atoms with Crippen LogP contribution in [0.1, 0.15) is 41.4 Å². The van der Waals surface area contributed by atoms with Gasteiger partial charge in [-0.3, -0.25) is 9.69 Å². The number of aryl methyl sites for hydroxylation is 1.